The van der Waals surface area contributed by atoms with E-state index >= 15 is 0 Å². The second kappa shape index (κ2) is 7.28. The zero-order valence-corrected chi connectivity index (χ0v) is 16.8. The van der Waals surface area contributed by atoms with Gasteiger partial charge in [0.2, 0.25) is 0 Å². The van der Waals surface area contributed by atoms with Gasteiger partial charge < -0.3 is 9.88 Å². The second-order valence-corrected chi connectivity index (χ2v) is 8.04. The van der Waals surface area contributed by atoms with Crippen molar-refractivity contribution < 1.29 is 22.8 Å². The van der Waals surface area contributed by atoms with E-state index in [9.17, 15) is 22.8 Å². The Morgan fingerprint density at radius 3 is 2.70 bits per heavy atom. The third kappa shape index (κ3) is 3.47. The summed E-state index contributed by atoms with van der Waals surface area (Å²) in [5.74, 6) is -0.994. The number of carbonyl (C=O) groups is 2. The van der Waals surface area contributed by atoms with E-state index in [4.69, 9.17) is 0 Å². The first-order valence-corrected chi connectivity index (χ1v) is 9.91. The normalized spacial score (nSPS) is 16.5. The van der Waals surface area contributed by atoms with E-state index in [1.165, 1.54) is 11.0 Å². The van der Waals surface area contributed by atoms with Crippen molar-refractivity contribution in [2.75, 3.05) is 16.8 Å². The van der Waals surface area contributed by atoms with Crippen LogP contribution in [0.3, 0.4) is 0 Å². The van der Waals surface area contributed by atoms with E-state index in [-0.39, 0.29) is 28.8 Å². The quantitative estimate of drug-likeness (QED) is 0.647. The zero-order valence-electron chi connectivity index (χ0n) is 16.0. The van der Waals surface area contributed by atoms with Crippen LogP contribution in [0.1, 0.15) is 44.4 Å². The van der Waals surface area contributed by atoms with Crippen molar-refractivity contribution in [3.8, 4) is 0 Å². The number of aromatic nitrogens is 2. The van der Waals surface area contributed by atoms with E-state index in [1.54, 1.807) is 42.1 Å². The number of hydrogen-bond donors (Lipinski definition) is 1. The predicted octanol–water partition coefficient (Wildman–Crippen LogP) is 4.75. The van der Waals surface area contributed by atoms with E-state index in [2.05, 4.69) is 10.3 Å². The molecule has 0 aromatic carbocycles. The Labute approximate surface area is 174 Å². The van der Waals surface area contributed by atoms with Gasteiger partial charge in [0.25, 0.3) is 11.8 Å². The van der Waals surface area contributed by atoms with Crippen molar-refractivity contribution in [2.45, 2.75) is 26.1 Å². The van der Waals surface area contributed by atoms with Gasteiger partial charge in [0.1, 0.15) is 10.6 Å². The minimum Gasteiger partial charge on any atom is -0.338 e. The molecule has 0 spiro atoms. The van der Waals surface area contributed by atoms with Gasteiger partial charge in [-0.15, -0.1) is 11.3 Å². The molecule has 1 aliphatic heterocycles. The summed E-state index contributed by atoms with van der Waals surface area (Å²) in [6.45, 7) is 3.80. The Balaban J connectivity index is 1.67. The summed E-state index contributed by atoms with van der Waals surface area (Å²) in [6, 6.07) is 6.96. The number of aryl methyl sites for hydroxylation is 1. The van der Waals surface area contributed by atoms with Crippen LogP contribution in [-0.2, 0) is 6.18 Å². The number of carbonyl (C=O) groups excluding carboxylic acids is 2. The SMILES string of the molecule is Cc1ncccc1NC(=O)c1ccn2c1C(=O)N(c1ccc(C(F)(F)F)s1)C[C@@H]2C. The summed E-state index contributed by atoms with van der Waals surface area (Å²) in [4.78, 5) is 30.7. The van der Waals surface area contributed by atoms with Crippen LogP contribution in [0, 0.1) is 6.92 Å². The van der Waals surface area contributed by atoms with Crippen LogP contribution in [0.15, 0.2) is 42.7 Å². The standard InChI is InChI=1S/C20H17F3N4O2S/c1-11-10-27(16-6-5-15(30-16)20(21,22)23)19(29)17-13(7-9-26(11)17)18(28)25-14-4-3-8-24-12(14)2/h3-9,11H,10H2,1-2H3,(H,25,28)/t11-/m0/s1. The number of nitrogens with one attached hydrogen (secondary N) is 1. The molecule has 0 radical (unpaired) electrons. The van der Waals surface area contributed by atoms with Gasteiger partial charge in [-0.05, 0) is 44.2 Å². The van der Waals surface area contributed by atoms with Gasteiger partial charge in [-0.25, -0.2) is 0 Å². The Kier molecular flexibility index (Phi) is 4.89. The fourth-order valence-corrected chi connectivity index (χ4v) is 4.29. The molecule has 1 N–H and O–H groups in total. The van der Waals surface area contributed by atoms with Gasteiger partial charge in [-0.3, -0.25) is 19.5 Å². The van der Waals surface area contributed by atoms with Crippen LogP contribution in [0.4, 0.5) is 23.9 Å². The highest BCUT2D eigenvalue weighted by Gasteiger charge is 2.37. The summed E-state index contributed by atoms with van der Waals surface area (Å²) in [7, 11) is 0. The second-order valence-electron chi connectivity index (χ2n) is 6.98. The molecule has 30 heavy (non-hydrogen) atoms. The average Bonchev–Trinajstić information content (AvgIpc) is 3.34. The maximum absolute atomic E-state index is 13.2. The monoisotopic (exact) mass is 434 g/mol. The highest BCUT2D eigenvalue weighted by Crippen LogP contribution is 2.40. The molecule has 0 bridgehead atoms. The van der Waals surface area contributed by atoms with Crippen molar-refractivity contribution in [3.05, 3.63) is 64.6 Å². The predicted molar refractivity (Wildman–Crippen MR) is 107 cm³/mol. The van der Waals surface area contributed by atoms with Crippen molar-refractivity contribution in [1.82, 2.24) is 9.55 Å². The van der Waals surface area contributed by atoms with Crippen LogP contribution >= 0.6 is 11.3 Å². The lowest BCUT2D eigenvalue weighted by molar-refractivity contribution is -0.134. The summed E-state index contributed by atoms with van der Waals surface area (Å²) in [5, 5.41) is 2.94. The molecule has 0 unspecified atom stereocenters. The summed E-state index contributed by atoms with van der Waals surface area (Å²) in [5.41, 5.74) is 1.45. The van der Waals surface area contributed by atoms with Gasteiger partial charge in [-0.1, -0.05) is 0 Å². The zero-order chi connectivity index (χ0) is 21.6. The van der Waals surface area contributed by atoms with E-state index < -0.39 is 22.9 Å². The van der Waals surface area contributed by atoms with E-state index in [0.717, 1.165) is 6.07 Å². The third-order valence-corrected chi connectivity index (χ3v) is 6.07. The maximum Gasteiger partial charge on any atom is 0.425 e. The van der Waals surface area contributed by atoms with Crippen LogP contribution in [-0.4, -0.2) is 27.9 Å². The van der Waals surface area contributed by atoms with Gasteiger partial charge in [0, 0.05) is 25.0 Å². The number of anilines is 2. The van der Waals surface area contributed by atoms with Crippen LogP contribution < -0.4 is 10.2 Å². The Morgan fingerprint density at radius 2 is 2.03 bits per heavy atom. The van der Waals surface area contributed by atoms with Gasteiger partial charge in [0.05, 0.1) is 21.9 Å². The number of hydrogen-bond acceptors (Lipinski definition) is 4. The van der Waals surface area contributed by atoms with Gasteiger partial charge in [0.15, 0.2) is 0 Å². The number of halogens is 3. The van der Waals surface area contributed by atoms with E-state index in [0.29, 0.717) is 22.7 Å². The largest absolute Gasteiger partial charge is 0.425 e. The minimum atomic E-state index is -4.47. The molecule has 156 valence electrons. The first-order valence-electron chi connectivity index (χ1n) is 9.09. The first kappa shape index (κ1) is 20.1. The highest BCUT2D eigenvalue weighted by molar-refractivity contribution is 7.16. The fourth-order valence-electron chi connectivity index (χ4n) is 3.41. The first-order chi connectivity index (χ1) is 14.2. The molecule has 10 heteroatoms. The smallest absolute Gasteiger partial charge is 0.338 e. The molecular weight excluding hydrogens is 417 g/mol. The van der Waals surface area contributed by atoms with Crippen molar-refractivity contribution in [3.63, 3.8) is 0 Å². The number of pyridine rings is 1. The third-order valence-electron chi connectivity index (χ3n) is 4.92. The number of alkyl halides is 3. The number of thiophene rings is 1. The van der Waals surface area contributed by atoms with Crippen LogP contribution in [0.25, 0.3) is 0 Å². The van der Waals surface area contributed by atoms with Crippen molar-refractivity contribution in [2.24, 2.45) is 0 Å². The molecule has 0 saturated carbocycles. The summed E-state index contributed by atoms with van der Waals surface area (Å²) in [6.07, 6.45) is -1.22. The number of rotatable bonds is 3. The summed E-state index contributed by atoms with van der Waals surface area (Å²) >= 11 is 0.510. The molecule has 3 aromatic rings. The molecule has 4 rings (SSSR count). The fraction of sp³-hybridized carbons (Fsp3) is 0.250. The topological polar surface area (TPSA) is 67.2 Å². The highest BCUT2D eigenvalue weighted by atomic mass is 32.1. The maximum atomic E-state index is 13.2. The van der Waals surface area contributed by atoms with Crippen molar-refractivity contribution in [1.29, 1.82) is 0 Å². The Hall–Kier alpha value is -3.14. The number of fused-ring (bicyclic) bond motifs is 1. The lowest BCUT2D eigenvalue weighted by Gasteiger charge is -2.32. The Bertz CT molecular complexity index is 1140. The van der Waals surface area contributed by atoms with Crippen molar-refractivity contribution >= 4 is 33.8 Å². The molecule has 0 fully saturated rings. The average molecular weight is 434 g/mol. The molecule has 6 nitrogen and oxygen atoms in total. The molecule has 1 atom stereocenters. The lowest BCUT2D eigenvalue weighted by Crippen LogP contribution is -2.42. The number of amides is 2. The van der Waals surface area contributed by atoms with Crippen LogP contribution in [0.2, 0.25) is 0 Å². The lowest BCUT2D eigenvalue weighted by atomic mass is 10.1. The Morgan fingerprint density at radius 1 is 1.27 bits per heavy atom. The van der Waals surface area contributed by atoms with Gasteiger partial charge >= 0.3 is 6.18 Å². The number of nitrogens with zero attached hydrogens (tertiary/aromatic N) is 3. The molecule has 3 aromatic heterocycles. The molecular formula is C20H17F3N4O2S. The minimum absolute atomic E-state index is 0.148. The molecule has 0 aliphatic carbocycles. The van der Waals surface area contributed by atoms with Gasteiger partial charge in [-0.2, -0.15) is 13.2 Å². The molecule has 0 saturated heterocycles. The molecule has 2 amide bonds. The van der Waals surface area contributed by atoms with E-state index in [1.807, 2.05) is 6.92 Å². The molecule has 1 aliphatic rings. The molecule has 4 heterocycles. The summed E-state index contributed by atoms with van der Waals surface area (Å²) < 4.78 is 40.6. The van der Waals surface area contributed by atoms with Crippen LogP contribution in [0.5, 0.6) is 0 Å².